The summed E-state index contributed by atoms with van der Waals surface area (Å²) in [5.41, 5.74) is 0.689. The lowest BCUT2D eigenvalue weighted by molar-refractivity contribution is 0.0913. The summed E-state index contributed by atoms with van der Waals surface area (Å²) in [5.74, 6) is -0.409. The largest absolute Gasteiger partial charge is 0.450 e. The van der Waals surface area contributed by atoms with E-state index in [4.69, 9.17) is 4.42 Å². The van der Waals surface area contributed by atoms with Gasteiger partial charge in [-0.3, -0.25) is 4.79 Å². The van der Waals surface area contributed by atoms with Crippen molar-refractivity contribution in [3.05, 3.63) is 35.3 Å². The number of benzene rings is 1. The molecule has 0 spiro atoms. The minimum absolute atomic E-state index is 0.103. The molecule has 0 aliphatic heterocycles. The maximum Gasteiger partial charge on any atom is 0.200 e. The summed E-state index contributed by atoms with van der Waals surface area (Å²) in [5, 5.41) is 0.632. The van der Waals surface area contributed by atoms with Gasteiger partial charge in [-0.2, -0.15) is 0 Å². The molecule has 0 saturated carbocycles. The second-order valence-corrected chi connectivity index (χ2v) is 4.24. The van der Waals surface area contributed by atoms with Crippen molar-refractivity contribution in [2.45, 2.75) is 20.8 Å². The molecule has 0 bridgehead atoms. The fraction of sp³-hybridized carbons (Fsp3) is 0.308. The average Bonchev–Trinajstić information content (AvgIpc) is 2.67. The van der Waals surface area contributed by atoms with Gasteiger partial charge >= 0.3 is 0 Å². The lowest BCUT2D eigenvalue weighted by Gasteiger charge is -1.98. The van der Waals surface area contributed by atoms with Gasteiger partial charge in [-0.15, -0.1) is 0 Å². The number of hydrogen-bond donors (Lipinski definition) is 0. The van der Waals surface area contributed by atoms with E-state index in [0.29, 0.717) is 10.9 Å². The number of hydrogen-bond acceptors (Lipinski definition) is 2. The summed E-state index contributed by atoms with van der Waals surface area (Å²) in [4.78, 5) is 11.7. The maximum atomic E-state index is 13.7. The van der Waals surface area contributed by atoms with Crippen molar-refractivity contribution in [2.75, 3.05) is 0 Å². The normalized spacial score (nSPS) is 11.3. The van der Waals surface area contributed by atoms with Gasteiger partial charge in [0.15, 0.2) is 17.2 Å². The SMILES string of the molecule is Cc1ccc2cc(C(=O)C(C)C)oc2c1F. The van der Waals surface area contributed by atoms with Gasteiger partial charge in [0, 0.05) is 11.3 Å². The quantitative estimate of drug-likeness (QED) is 0.722. The topological polar surface area (TPSA) is 30.2 Å². The molecule has 0 N–H and O–H groups in total. The molecule has 0 amide bonds. The maximum absolute atomic E-state index is 13.7. The average molecular weight is 220 g/mol. The predicted molar refractivity (Wildman–Crippen MR) is 60.1 cm³/mol. The Balaban J connectivity index is 2.61. The first-order valence-electron chi connectivity index (χ1n) is 5.23. The Labute approximate surface area is 93.1 Å². The van der Waals surface area contributed by atoms with Crippen LogP contribution in [0.4, 0.5) is 4.39 Å². The molecule has 16 heavy (non-hydrogen) atoms. The first kappa shape index (κ1) is 10.9. The Hall–Kier alpha value is -1.64. The van der Waals surface area contributed by atoms with Gasteiger partial charge in [0.05, 0.1) is 0 Å². The summed E-state index contributed by atoms with van der Waals surface area (Å²) in [6.45, 7) is 5.25. The summed E-state index contributed by atoms with van der Waals surface area (Å²) < 4.78 is 18.9. The van der Waals surface area contributed by atoms with Crippen LogP contribution < -0.4 is 0 Å². The fourth-order valence-electron chi connectivity index (χ4n) is 1.57. The van der Waals surface area contributed by atoms with E-state index in [1.165, 1.54) is 0 Å². The molecule has 2 rings (SSSR count). The van der Waals surface area contributed by atoms with Crippen LogP contribution >= 0.6 is 0 Å². The van der Waals surface area contributed by atoms with Crippen molar-refractivity contribution in [1.29, 1.82) is 0 Å². The third kappa shape index (κ3) is 1.62. The summed E-state index contributed by atoms with van der Waals surface area (Å²) >= 11 is 0. The molecule has 84 valence electrons. The first-order valence-corrected chi connectivity index (χ1v) is 5.23. The van der Waals surface area contributed by atoms with Crippen LogP contribution in [0.3, 0.4) is 0 Å². The summed E-state index contributed by atoms with van der Waals surface area (Å²) in [6, 6.07) is 5.03. The monoisotopic (exact) mass is 220 g/mol. The second-order valence-electron chi connectivity index (χ2n) is 4.24. The lowest BCUT2D eigenvalue weighted by Crippen LogP contribution is -2.05. The molecular weight excluding hydrogens is 207 g/mol. The number of fused-ring (bicyclic) bond motifs is 1. The number of ketones is 1. The highest BCUT2D eigenvalue weighted by molar-refractivity contribution is 5.98. The number of aryl methyl sites for hydroxylation is 1. The third-order valence-corrected chi connectivity index (χ3v) is 2.59. The smallest absolute Gasteiger partial charge is 0.200 e. The van der Waals surface area contributed by atoms with E-state index in [1.807, 2.05) is 0 Å². The van der Waals surface area contributed by atoms with E-state index in [-0.39, 0.29) is 28.9 Å². The molecule has 2 aromatic rings. The van der Waals surface area contributed by atoms with Crippen LogP contribution in [0, 0.1) is 18.7 Å². The number of carbonyl (C=O) groups excluding carboxylic acids is 1. The van der Waals surface area contributed by atoms with Crippen molar-refractivity contribution < 1.29 is 13.6 Å². The highest BCUT2D eigenvalue weighted by atomic mass is 19.1. The molecule has 0 aliphatic carbocycles. The van der Waals surface area contributed by atoms with Crippen LogP contribution in [0.2, 0.25) is 0 Å². The minimum Gasteiger partial charge on any atom is -0.450 e. The number of halogens is 1. The van der Waals surface area contributed by atoms with Crippen molar-refractivity contribution in [3.63, 3.8) is 0 Å². The van der Waals surface area contributed by atoms with Gasteiger partial charge in [0.2, 0.25) is 5.78 Å². The standard InChI is InChI=1S/C13H13FO2/c1-7(2)12(15)10-6-9-5-4-8(3)11(14)13(9)16-10/h4-7H,1-3H3. The number of carbonyl (C=O) groups is 1. The van der Waals surface area contributed by atoms with Crippen LogP contribution in [0.15, 0.2) is 22.6 Å². The fourth-order valence-corrected chi connectivity index (χ4v) is 1.57. The Kier molecular flexibility index (Phi) is 2.54. The molecule has 0 fully saturated rings. The molecule has 1 heterocycles. The number of furan rings is 1. The molecule has 1 aromatic carbocycles. The van der Waals surface area contributed by atoms with Crippen molar-refractivity contribution in [1.82, 2.24) is 0 Å². The summed E-state index contributed by atoms with van der Waals surface area (Å²) in [6.07, 6.45) is 0. The Bertz CT molecular complexity index is 552. The van der Waals surface area contributed by atoms with Crippen molar-refractivity contribution in [3.8, 4) is 0 Å². The predicted octanol–water partition coefficient (Wildman–Crippen LogP) is 3.72. The minimum atomic E-state index is -0.389. The van der Waals surface area contributed by atoms with E-state index in [0.717, 1.165) is 0 Å². The Morgan fingerprint density at radius 3 is 2.69 bits per heavy atom. The molecule has 0 saturated heterocycles. The Morgan fingerprint density at radius 2 is 2.06 bits per heavy atom. The van der Waals surface area contributed by atoms with Crippen LogP contribution in [0.25, 0.3) is 11.0 Å². The second kappa shape index (κ2) is 3.74. The van der Waals surface area contributed by atoms with Crippen LogP contribution in [-0.4, -0.2) is 5.78 Å². The zero-order valence-electron chi connectivity index (χ0n) is 9.50. The highest BCUT2D eigenvalue weighted by Crippen LogP contribution is 2.25. The third-order valence-electron chi connectivity index (χ3n) is 2.59. The molecule has 0 atom stereocenters. The van der Waals surface area contributed by atoms with Crippen molar-refractivity contribution in [2.24, 2.45) is 5.92 Å². The Morgan fingerprint density at radius 1 is 1.38 bits per heavy atom. The van der Waals surface area contributed by atoms with E-state index < -0.39 is 0 Å². The molecule has 3 heteroatoms. The van der Waals surface area contributed by atoms with Gasteiger partial charge in [0.25, 0.3) is 0 Å². The van der Waals surface area contributed by atoms with E-state index >= 15 is 0 Å². The van der Waals surface area contributed by atoms with Gasteiger partial charge in [0.1, 0.15) is 0 Å². The summed E-state index contributed by atoms with van der Waals surface area (Å²) in [7, 11) is 0. The van der Waals surface area contributed by atoms with E-state index in [9.17, 15) is 9.18 Å². The van der Waals surface area contributed by atoms with Gasteiger partial charge in [-0.1, -0.05) is 26.0 Å². The molecule has 0 unspecified atom stereocenters. The van der Waals surface area contributed by atoms with E-state index in [1.54, 1.807) is 39.0 Å². The molecule has 1 aromatic heterocycles. The molecule has 2 nitrogen and oxygen atoms in total. The zero-order chi connectivity index (χ0) is 11.9. The lowest BCUT2D eigenvalue weighted by atomic mass is 10.1. The first-order chi connectivity index (χ1) is 7.50. The highest BCUT2D eigenvalue weighted by Gasteiger charge is 2.17. The van der Waals surface area contributed by atoms with E-state index in [2.05, 4.69) is 0 Å². The van der Waals surface area contributed by atoms with Crippen LogP contribution in [0.5, 0.6) is 0 Å². The van der Waals surface area contributed by atoms with Gasteiger partial charge < -0.3 is 4.42 Å². The number of Topliss-reactive ketones (excluding diaryl/α,β-unsaturated/α-hetero) is 1. The van der Waals surface area contributed by atoms with Crippen molar-refractivity contribution >= 4 is 16.8 Å². The van der Waals surface area contributed by atoms with Gasteiger partial charge in [-0.05, 0) is 18.6 Å². The number of rotatable bonds is 2. The van der Waals surface area contributed by atoms with Gasteiger partial charge in [-0.25, -0.2) is 4.39 Å². The molecule has 0 radical (unpaired) electrons. The zero-order valence-corrected chi connectivity index (χ0v) is 9.50. The molecule has 0 aliphatic rings. The van der Waals surface area contributed by atoms with Crippen LogP contribution in [-0.2, 0) is 0 Å². The molecular formula is C13H13FO2. The van der Waals surface area contributed by atoms with Crippen LogP contribution in [0.1, 0.15) is 30.0 Å².